The molecule has 2 rings (SSSR count). The Bertz CT molecular complexity index is 510. The molecule has 0 radical (unpaired) electrons. The molecule has 0 heterocycles. The molecule has 3 heteroatoms. The van der Waals surface area contributed by atoms with Crippen molar-refractivity contribution in [2.75, 3.05) is 0 Å². The minimum absolute atomic E-state index is 0. The Balaban J connectivity index is 0.00000144. The molecule has 0 unspecified atom stereocenters. The minimum Gasteiger partial charge on any atom is -0.298 e. The van der Waals surface area contributed by atoms with Gasteiger partial charge in [0.15, 0.2) is 0 Å². The maximum Gasteiger partial charge on any atom is 0.0641 e. The minimum atomic E-state index is 0. The first kappa shape index (κ1) is 14.3. The van der Waals surface area contributed by atoms with Crippen molar-refractivity contribution in [3.63, 3.8) is 0 Å². The van der Waals surface area contributed by atoms with Gasteiger partial charge in [-0.3, -0.25) is 5.41 Å². The molecule has 1 nitrogen and oxygen atoms in total. The van der Waals surface area contributed by atoms with Crippen LogP contribution in [0.25, 0.3) is 10.8 Å². The lowest BCUT2D eigenvalue weighted by Gasteiger charge is -2.03. The van der Waals surface area contributed by atoms with Crippen LogP contribution in [0.3, 0.4) is 0 Å². The van der Waals surface area contributed by atoms with Gasteiger partial charge in [-0.2, -0.15) is 0 Å². The number of hydrogen-bond donors (Lipinski definition) is 1. The fourth-order valence-corrected chi connectivity index (χ4v) is 2.33. The van der Waals surface area contributed by atoms with Crippen LogP contribution in [0.15, 0.2) is 42.5 Å². The number of rotatable bonds is 3. The summed E-state index contributed by atoms with van der Waals surface area (Å²) in [6.45, 7) is 2.02. The highest BCUT2D eigenvalue weighted by Crippen LogP contribution is 2.20. The van der Waals surface area contributed by atoms with Gasteiger partial charge in [-0.15, -0.1) is 28.7 Å². The summed E-state index contributed by atoms with van der Waals surface area (Å²) < 4.78 is 0. The molecule has 0 saturated carbocycles. The first-order valence-corrected chi connectivity index (χ1v) is 6.46. The summed E-state index contributed by atoms with van der Waals surface area (Å²) in [5, 5.41) is 10.9. The molecule has 0 atom stereocenters. The lowest BCUT2D eigenvalue weighted by molar-refractivity contribution is 1.28. The van der Waals surface area contributed by atoms with Crippen molar-refractivity contribution >= 4 is 44.6 Å². The average Bonchev–Trinajstić information content (AvgIpc) is 2.35. The molecule has 0 saturated heterocycles. The number of fused-ring (bicyclic) bond motifs is 1. The van der Waals surface area contributed by atoms with Crippen LogP contribution in [0, 0.1) is 5.41 Å². The van der Waals surface area contributed by atoms with E-state index in [0.717, 1.165) is 17.2 Å². The molecule has 0 bridgehead atoms. The summed E-state index contributed by atoms with van der Waals surface area (Å²) in [6.07, 6.45) is 0.832. The fourth-order valence-electron chi connectivity index (χ4n) is 1.60. The van der Waals surface area contributed by atoms with Gasteiger partial charge in [0.2, 0.25) is 0 Å². The van der Waals surface area contributed by atoms with Gasteiger partial charge in [0, 0.05) is 5.75 Å². The van der Waals surface area contributed by atoms with Gasteiger partial charge in [0.1, 0.15) is 0 Å². The van der Waals surface area contributed by atoms with Crippen LogP contribution in [0.4, 0.5) is 0 Å². The highest BCUT2D eigenvalue weighted by Gasteiger charge is 1.98. The van der Waals surface area contributed by atoms with E-state index in [1.54, 1.807) is 11.8 Å². The van der Waals surface area contributed by atoms with Crippen molar-refractivity contribution in [2.45, 2.75) is 19.1 Å². The molecule has 0 fully saturated rings. The van der Waals surface area contributed by atoms with Crippen LogP contribution < -0.4 is 0 Å². The second kappa shape index (κ2) is 6.82. The number of hydrogen-bond acceptors (Lipinski definition) is 2. The number of nitrogens with one attached hydrogen (secondary N) is 1. The predicted octanol–water partition coefficient (Wildman–Crippen LogP) is 5.04. The summed E-state index contributed by atoms with van der Waals surface area (Å²) in [7, 11) is 0. The Kier molecular flexibility index (Phi) is 5.72. The number of benzene rings is 2. The zero-order valence-corrected chi connectivity index (χ0v) is 12.3. The van der Waals surface area contributed by atoms with E-state index in [-0.39, 0.29) is 17.0 Å². The molecule has 0 aliphatic carbocycles. The summed E-state index contributed by atoms with van der Waals surface area (Å²) in [5.41, 5.74) is 1.29. The largest absolute Gasteiger partial charge is 0.298 e. The predicted molar refractivity (Wildman–Crippen MR) is 83.6 cm³/mol. The number of halogens is 1. The average molecular weight is 310 g/mol. The Labute approximate surface area is 117 Å². The summed E-state index contributed by atoms with van der Waals surface area (Å²) in [6, 6.07) is 14.9. The van der Waals surface area contributed by atoms with Crippen LogP contribution >= 0.6 is 28.7 Å². The van der Waals surface area contributed by atoms with E-state index in [2.05, 4.69) is 42.5 Å². The van der Waals surface area contributed by atoms with Crippen molar-refractivity contribution < 1.29 is 0 Å². The van der Waals surface area contributed by atoms with Gasteiger partial charge in [-0.1, -0.05) is 49.4 Å². The zero-order valence-electron chi connectivity index (χ0n) is 9.77. The SMILES string of the molecule is Br.CCC(=N)SCc1ccc2ccccc2c1. The zero-order chi connectivity index (χ0) is 11.4. The molecule has 0 amide bonds. The second-order valence-corrected chi connectivity index (χ2v) is 4.82. The van der Waals surface area contributed by atoms with E-state index < -0.39 is 0 Å². The molecule has 2 aromatic carbocycles. The Morgan fingerprint density at radius 2 is 1.82 bits per heavy atom. The first-order chi connectivity index (χ1) is 7.79. The topological polar surface area (TPSA) is 23.9 Å². The van der Waals surface area contributed by atoms with Gasteiger partial charge in [-0.25, -0.2) is 0 Å². The molecule has 90 valence electrons. The fraction of sp³-hybridized carbons (Fsp3) is 0.214. The summed E-state index contributed by atoms with van der Waals surface area (Å²) in [4.78, 5) is 0. The maximum absolute atomic E-state index is 7.61. The van der Waals surface area contributed by atoms with Crippen molar-refractivity contribution in [3.8, 4) is 0 Å². The standard InChI is InChI=1S/C14H15NS.BrH/c1-2-14(15)16-10-11-7-8-12-5-3-4-6-13(12)9-11;/h3-9,15H,2,10H2,1H3;1H. The van der Waals surface area contributed by atoms with E-state index in [0.29, 0.717) is 0 Å². The van der Waals surface area contributed by atoms with E-state index in [1.165, 1.54) is 16.3 Å². The van der Waals surface area contributed by atoms with Crippen molar-refractivity contribution in [2.24, 2.45) is 0 Å². The van der Waals surface area contributed by atoms with Gasteiger partial charge < -0.3 is 0 Å². The Morgan fingerprint density at radius 3 is 2.53 bits per heavy atom. The maximum atomic E-state index is 7.61. The normalized spacial score (nSPS) is 9.94. The van der Waals surface area contributed by atoms with Gasteiger partial charge in [0.05, 0.1) is 5.04 Å². The lowest BCUT2D eigenvalue weighted by atomic mass is 10.1. The molecule has 1 N–H and O–H groups in total. The molecular weight excluding hydrogens is 294 g/mol. The molecule has 0 spiro atoms. The van der Waals surface area contributed by atoms with E-state index in [4.69, 9.17) is 5.41 Å². The molecule has 2 aromatic rings. The van der Waals surface area contributed by atoms with Crippen LogP contribution in [0.1, 0.15) is 18.9 Å². The van der Waals surface area contributed by atoms with E-state index in [9.17, 15) is 0 Å². The van der Waals surface area contributed by atoms with Crippen LogP contribution in [0.2, 0.25) is 0 Å². The summed E-state index contributed by atoms with van der Waals surface area (Å²) in [5.74, 6) is 0.900. The van der Waals surface area contributed by atoms with Gasteiger partial charge in [0.25, 0.3) is 0 Å². The molecule has 0 aromatic heterocycles. The molecule has 0 aliphatic heterocycles. The van der Waals surface area contributed by atoms with Crippen LogP contribution in [-0.2, 0) is 5.75 Å². The second-order valence-electron chi connectivity index (χ2n) is 3.75. The third-order valence-electron chi connectivity index (χ3n) is 2.55. The van der Waals surface area contributed by atoms with E-state index >= 15 is 0 Å². The van der Waals surface area contributed by atoms with Crippen molar-refractivity contribution in [3.05, 3.63) is 48.0 Å². The van der Waals surface area contributed by atoms with Gasteiger partial charge >= 0.3 is 0 Å². The molecule has 0 aliphatic rings. The molecular formula is C14H16BrNS. The Hall–Kier alpha value is -0.800. The highest BCUT2D eigenvalue weighted by molar-refractivity contribution is 8.93. The third-order valence-corrected chi connectivity index (χ3v) is 3.66. The van der Waals surface area contributed by atoms with Crippen LogP contribution in [-0.4, -0.2) is 5.04 Å². The summed E-state index contributed by atoms with van der Waals surface area (Å²) >= 11 is 1.62. The van der Waals surface area contributed by atoms with Crippen LogP contribution in [0.5, 0.6) is 0 Å². The highest BCUT2D eigenvalue weighted by atomic mass is 79.9. The Morgan fingerprint density at radius 1 is 1.12 bits per heavy atom. The lowest BCUT2D eigenvalue weighted by Crippen LogP contribution is -1.88. The third kappa shape index (κ3) is 3.86. The van der Waals surface area contributed by atoms with Gasteiger partial charge in [-0.05, 0) is 22.8 Å². The number of thioether (sulfide) groups is 1. The van der Waals surface area contributed by atoms with E-state index in [1.807, 2.05) is 6.92 Å². The van der Waals surface area contributed by atoms with Crippen molar-refractivity contribution in [1.82, 2.24) is 0 Å². The smallest absolute Gasteiger partial charge is 0.0641 e. The van der Waals surface area contributed by atoms with Crippen molar-refractivity contribution in [1.29, 1.82) is 5.41 Å². The molecule has 17 heavy (non-hydrogen) atoms. The monoisotopic (exact) mass is 309 g/mol. The quantitative estimate of drug-likeness (QED) is 0.623. The first-order valence-electron chi connectivity index (χ1n) is 5.47.